The second-order valence-corrected chi connectivity index (χ2v) is 4.54. The van der Waals surface area contributed by atoms with E-state index in [-0.39, 0.29) is 5.91 Å². The standard InChI is InChI=1S/C12H18N2OS/c1-2-6-14-12(15)9-16-11-5-3-4-10(7-11)8-13/h3-5,7H,2,6,8-9,13H2,1H3,(H,14,15). The number of hydrogen-bond donors (Lipinski definition) is 2. The molecule has 0 fully saturated rings. The molecule has 1 amide bonds. The van der Waals surface area contributed by atoms with E-state index in [2.05, 4.69) is 5.32 Å². The number of thioether (sulfide) groups is 1. The monoisotopic (exact) mass is 238 g/mol. The van der Waals surface area contributed by atoms with Crippen molar-refractivity contribution in [2.45, 2.75) is 24.8 Å². The Labute approximate surface area is 101 Å². The summed E-state index contributed by atoms with van der Waals surface area (Å²) in [6.07, 6.45) is 0.971. The molecule has 0 spiro atoms. The topological polar surface area (TPSA) is 55.1 Å². The fraction of sp³-hybridized carbons (Fsp3) is 0.417. The molecule has 0 atom stereocenters. The van der Waals surface area contributed by atoms with Crippen molar-refractivity contribution in [2.24, 2.45) is 5.73 Å². The molecule has 3 N–H and O–H groups in total. The highest BCUT2D eigenvalue weighted by Gasteiger charge is 2.01. The molecule has 16 heavy (non-hydrogen) atoms. The van der Waals surface area contributed by atoms with E-state index < -0.39 is 0 Å². The average molecular weight is 238 g/mol. The van der Waals surface area contributed by atoms with Gasteiger partial charge in [0, 0.05) is 18.0 Å². The number of carbonyl (C=O) groups is 1. The molecule has 1 rings (SSSR count). The van der Waals surface area contributed by atoms with Gasteiger partial charge in [-0.15, -0.1) is 11.8 Å². The zero-order valence-corrected chi connectivity index (χ0v) is 10.3. The average Bonchev–Trinajstić information content (AvgIpc) is 2.34. The molecule has 0 aliphatic rings. The van der Waals surface area contributed by atoms with Crippen molar-refractivity contribution in [3.8, 4) is 0 Å². The number of hydrogen-bond acceptors (Lipinski definition) is 3. The highest BCUT2D eigenvalue weighted by molar-refractivity contribution is 8.00. The summed E-state index contributed by atoms with van der Waals surface area (Å²) in [4.78, 5) is 12.5. The first kappa shape index (κ1) is 13.1. The van der Waals surface area contributed by atoms with E-state index >= 15 is 0 Å². The molecule has 0 saturated heterocycles. The third-order valence-corrected chi connectivity index (χ3v) is 3.07. The molecule has 88 valence electrons. The lowest BCUT2D eigenvalue weighted by atomic mass is 10.2. The second kappa shape index (κ2) is 7.30. The van der Waals surface area contributed by atoms with Gasteiger partial charge in [0.05, 0.1) is 5.75 Å². The number of nitrogens with one attached hydrogen (secondary N) is 1. The van der Waals surface area contributed by atoms with Crippen LogP contribution in [0.2, 0.25) is 0 Å². The molecule has 0 saturated carbocycles. The third kappa shape index (κ3) is 4.68. The summed E-state index contributed by atoms with van der Waals surface area (Å²) in [6, 6.07) is 7.98. The highest BCUT2D eigenvalue weighted by atomic mass is 32.2. The molecular weight excluding hydrogens is 220 g/mol. The molecule has 0 heterocycles. The predicted molar refractivity (Wildman–Crippen MR) is 68.4 cm³/mol. The van der Waals surface area contributed by atoms with Gasteiger partial charge in [0.25, 0.3) is 0 Å². The molecule has 1 aromatic carbocycles. The van der Waals surface area contributed by atoms with Crippen LogP contribution in [0, 0.1) is 0 Å². The van der Waals surface area contributed by atoms with Crippen LogP contribution in [-0.2, 0) is 11.3 Å². The van der Waals surface area contributed by atoms with Crippen molar-refractivity contribution < 1.29 is 4.79 Å². The zero-order valence-electron chi connectivity index (χ0n) is 9.53. The summed E-state index contributed by atoms with van der Waals surface area (Å²) >= 11 is 1.54. The zero-order chi connectivity index (χ0) is 11.8. The van der Waals surface area contributed by atoms with Gasteiger partial charge in [-0.1, -0.05) is 19.1 Å². The summed E-state index contributed by atoms with van der Waals surface area (Å²) in [7, 11) is 0. The number of nitrogens with two attached hydrogens (primary N) is 1. The fourth-order valence-corrected chi connectivity index (χ4v) is 2.04. The van der Waals surface area contributed by atoms with Crippen molar-refractivity contribution in [1.29, 1.82) is 0 Å². The quantitative estimate of drug-likeness (QED) is 0.743. The van der Waals surface area contributed by atoms with Crippen LogP contribution in [0.4, 0.5) is 0 Å². The van der Waals surface area contributed by atoms with Crippen LogP contribution in [0.3, 0.4) is 0 Å². The summed E-state index contributed by atoms with van der Waals surface area (Å²) in [5.41, 5.74) is 6.65. The lowest BCUT2D eigenvalue weighted by Crippen LogP contribution is -2.25. The second-order valence-electron chi connectivity index (χ2n) is 3.49. The molecule has 0 radical (unpaired) electrons. The van der Waals surface area contributed by atoms with Gasteiger partial charge in [-0.05, 0) is 24.1 Å². The van der Waals surface area contributed by atoms with E-state index in [1.807, 2.05) is 31.2 Å². The number of amides is 1. The van der Waals surface area contributed by atoms with Gasteiger partial charge in [-0.2, -0.15) is 0 Å². The van der Waals surface area contributed by atoms with E-state index in [1.54, 1.807) is 11.8 Å². The first-order chi connectivity index (χ1) is 7.76. The summed E-state index contributed by atoms with van der Waals surface area (Å²) in [5, 5.41) is 2.85. The molecule has 3 nitrogen and oxygen atoms in total. The molecule has 0 aliphatic heterocycles. The van der Waals surface area contributed by atoms with E-state index in [1.165, 1.54) is 0 Å². The Bertz CT molecular complexity index is 342. The lowest BCUT2D eigenvalue weighted by Gasteiger charge is -2.04. The van der Waals surface area contributed by atoms with Gasteiger partial charge in [-0.3, -0.25) is 4.79 Å². The van der Waals surface area contributed by atoms with Crippen LogP contribution in [0.1, 0.15) is 18.9 Å². The smallest absolute Gasteiger partial charge is 0.230 e. The van der Waals surface area contributed by atoms with Crippen molar-refractivity contribution >= 4 is 17.7 Å². The third-order valence-electron chi connectivity index (χ3n) is 2.08. The van der Waals surface area contributed by atoms with Gasteiger partial charge >= 0.3 is 0 Å². The summed E-state index contributed by atoms with van der Waals surface area (Å²) in [6.45, 7) is 3.33. The predicted octanol–water partition coefficient (Wildman–Crippen LogP) is 1.76. The van der Waals surface area contributed by atoms with Gasteiger partial charge in [0.15, 0.2) is 0 Å². The van der Waals surface area contributed by atoms with Crippen LogP contribution in [-0.4, -0.2) is 18.2 Å². The Kier molecular flexibility index (Phi) is 5.96. The van der Waals surface area contributed by atoms with E-state index in [0.717, 1.165) is 23.4 Å². The maximum absolute atomic E-state index is 11.4. The maximum Gasteiger partial charge on any atom is 0.230 e. The van der Waals surface area contributed by atoms with Crippen LogP contribution in [0.15, 0.2) is 29.2 Å². The van der Waals surface area contributed by atoms with Gasteiger partial charge in [0.1, 0.15) is 0 Å². The minimum absolute atomic E-state index is 0.0880. The number of benzene rings is 1. The summed E-state index contributed by atoms with van der Waals surface area (Å²) < 4.78 is 0. The van der Waals surface area contributed by atoms with Crippen molar-refractivity contribution in [1.82, 2.24) is 5.32 Å². The molecule has 4 heteroatoms. The number of rotatable bonds is 6. The molecule has 0 bridgehead atoms. The Morgan fingerprint density at radius 1 is 1.50 bits per heavy atom. The Morgan fingerprint density at radius 3 is 3.00 bits per heavy atom. The van der Waals surface area contributed by atoms with E-state index in [0.29, 0.717) is 12.3 Å². The normalized spacial score (nSPS) is 10.1. The molecule has 0 unspecified atom stereocenters. The minimum Gasteiger partial charge on any atom is -0.355 e. The fourth-order valence-electron chi connectivity index (χ4n) is 1.23. The highest BCUT2D eigenvalue weighted by Crippen LogP contribution is 2.18. The Hall–Kier alpha value is -1.00. The van der Waals surface area contributed by atoms with Crippen LogP contribution in [0.5, 0.6) is 0 Å². The van der Waals surface area contributed by atoms with Gasteiger partial charge in [-0.25, -0.2) is 0 Å². The van der Waals surface area contributed by atoms with Crippen molar-refractivity contribution in [3.63, 3.8) is 0 Å². The maximum atomic E-state index is 11.4. The van der Waals surface area contributed by atoms with E-state index in [9.17, 15) is 4.79 Å². The van der Waals surface area contributed by atoms with Crippen LogP contribution < -0.4 is 11.1 Å². The molecular formula is C12H18N2OS. The first-order valence-corrected chi connectivity index (χ1v) is 6.43. The van der Waals surface area contributed by atoms with E-state index in [4.69, 9.17) is 5.73 Å². The Balaban J connectivity index is 2.38. The largest absolute Gasteiger partial charge is 0.355 e. The van der Waals surface area contributed by atoms with Crippen molar-refractivity contribution in [2.75, 3.05) is 12.3 Å². The number of carbonyl (C=O) groups excluding carboxylic acids is 1. The van der Waals surface area contributed by atoms with Crippen LogP contribution >= 0.6 is 11.8 Å². The van der Waals surface area contributed by atoms with Crippen molar-refractivity contribution in [3.05, 3.63) is 29.8 Å². The Morgan fingerprint density at radius 2 is 2.31 bits per heavy atom. The SMILES string of the molecule is CCCNC(=O)CSc1cccc(CN)c1. The minimum atomic E-state index is 0.0880. The molecule has 1 aromatic rings. The summed E-state index contributed by atoms with van der Waals surface area (Å²) in [5.74, 6) is 0.554. The van der Waals surface area contributed by atoms with Crippen LogP contribution in [0.25, 0.3) is 0 Å². The molecule has 0 aromatic heterocycles. The van der Waals surface area contributed by atoms with Gasteiger partial charge in [0.2, 0.25) is 5.91 Å². The molecule has 0 aliphatic carbocycles. The lowest BCUT2D eigenvalue weighted by molar-refractivity contribution is -0.118. The van der Waals surface area contributed by atoms with Gasteiger partial charge < -0.3 is 11.1 Å². The first-order valence-electron chi connectivity index (χ1n) is 5.44.